The van der Waals surface area contributed by atoms with Crippen LogP contribution >= 0.6 is 0 Å². The van der Waals surface area contributed by atoms with E-state index in [2.05, 4.69) is 9.97 Å². The zero-order chi connectivity index (χ0) is 10.6. The minimum absolute atomic E-state index is 0.446. The van der Waals surface area contributed by atoms with E-state index in [0.717, 1.165) is 11.4 Å². The van der Waals surface area contributed by atoms with Crippen LogP contribution in [0.2, 0.25) is 0 Å². The van der Waals surface area contributed by atoms with Crippen LogP contribution in [0, 0.1) is 6.92 Å². The first-order chi connectivity index (χ1) is 6.47. The Hall–Kier alpha value is -1.00. The quantitative estimate of drug-likeness (QED) is 0.732. The lowest BCUT2D eigenvalue weighted by molar-refractivity contribution is -0.175. The van der Waals surface area contributed by atoms with Crippen molar-refractivity contribution >= 4 is 0 Å². The molecule has 0 amide bonds. The molecule has 1 heterocycles. The maximum atomic E-state index is 9.28. The zero-order valence-corrected chi connectivity index (χ0v) is 8.82. The number of aryl methyl sites for hydroxylation is 1. The van der Waals surface area contributed by atoms with Crippen LogP contribution in [0.1, 0.15) is 25.2 Å². The summed E-state index contributed by atoms with van der Waals surface area (Å²) < 4.78 is 5.15. The van der Waals surface area contributed by atoms with Crippen molar-refractivity contribution in [1.82, 2.24) is 9.97 Å². The summed E-state index contributed by atoms with van der Waals surface area (Å²) in [5, 5.41) is 9.28. The predicted molar refractivity (Wildman–Crippen MR) is 52.7 cm³/mol. The van der Waals surface area contributed by atoms with E-state index in [1.807, 2.05) is 6.92 Å². The lowest BCUT2D eigenvalue weighted by Crippen LogP contribution is -2.24. The van der Waals surface area contributed by atoms with Crippen molar-refractivity contribution in [2.24, 2.45) is 0 Å². The molecule has 0 saturated heterocycles. The van der Waals surface area contributed by atoms with E-state index in [1.54, 1.807) is 26.2 Å². The van der Waals surface area contributed by atoms with Gasteiger partial charge in [-0.3, -0.25) is 9.97 Å². The number of rotatable bonds is 4. The molecule has 0 radical (unpaired) electrons. The van der Waals surface area contributed by atoms with Crippen molar-refractivity contribution in [2.45, 2.75) is 33.0 Å². The van der Waals surface area contributed by atoms with Crippen LogP contribution in [0.3, 0.4) is 0 Å². The summed E-state index contributed by atoms with van der Waals surface area (Å²) >= 11 is 0. The van der Waals surface area contributed by atoms with E-state index < -0.39 is 5.79 Å². The fourth-order valence-electron chi connectivity index (χ4n) is 0.954. The Balaban J connectivity index is 2.35. The molecule has 4 nitrogen and oxygen atoms in total. The third-order valence-corrected chi connectivity index (χ3v) is 1.65. The predicted octanol–water partition coefficient (Wildman–Crippen LogP) is 1.07. The van der Waals surface area contributed by atoms with E-state index in [4.69, 9.17) is 4.74 Å². The van der Waals surface area contributed by atoms with Crippen LogP contribution in [0.4, 0.5) is 0 Å². The molecule has 1 aromatic heterocycles. The SMILES string of the molecule is Cc1cnc(CCOC(C)(C)O)cn1. The van der Waals surface area contributed by atoms with Gasteiger partial charge in [0.05, 0.1) is 18.0 Å². The smallest absolute Gasteiger partial charge is 0.159 e. The minimum atomic E-state index is -1.07. The molecule has 0 fully saturated rings. The van der Waals surface area contributed by atoms with Gasteiger partial charge in [-0.15, -0.1) is 0 Å². The molecule has 0 unspecified atom stereocenters. The second kappa shape index (κ2) is 4.48. The molecule has 0 atom stereocenters. The fraction of sp³-hybridized carbons (Fsp3) is 0.600. The van der Waals surface area contributed by atoms with Crippen LogP contribution in [0.15, 0.2) is 12.4 Å². The molecular formula is C10H16N2O2. The second-order valence-corrected chi connectivity index (χ2v) is 3.69. The molecule has 4 heteroatoms. The monoisotopic (exact) mass is 196 g/mol. The average Bonchev–Trinajstić information content (AvgIpc) is 2.06. The van der Waals surface area contributed by atoms with Crippen molar-refractivity contribution in [3.8, 4) is 0 Å². The van der Waals surface area contributed by atoms with Gasteiger partial charge in [0.15, 0.2) is 5.79 Å². The van der Waals surface area contributed by atoms with E-state index in [9.17, 15) is 5.11 Å². The molecule has 0 aliphatic rings. The molecule has 0 saturated carbocycles. The van der Waals surface area contributed by atoms with Gasteiger partial charge in [0.25, 0.3) is 0 Å². The summed E-state index contributed by atoms with van der Waals surface area (Å²) in [6.45, 7) is 5.55. The number of hydrogen-bond acceptors (Lipinski definition) is 4. The Morgan fingerprint density at radius 3 is 2.57 bits per heavy atom. The summed E-state index contributed by atoms with van der Waals surface area (Å²) in [7, 11) is 0. The zero-order valence-electron chi connectivity index (χ0n) is 8.82. The van der Waals surface area contributed by atoms with Crippen LogP contribution in [-0.2, 0) is 11.2 Å². The number of nitrogens with zero attached hydrogens (tertiary/aromatic N) is 2. The van der Waals surface area contributed by atoms with Crippen LogP contribution in [-0.4, -0.2) is 27.5 Å². The highest BCUT2D eigenvalue weighted by Crippen LogP contribution is 2.04. The Morgan fingerprint density at radius 2 is 2.07 bits per heavy atom. The maximum Gasteiger partial charge on any atom is 0.159 e. The van der Waals surface area contributed by atoms with Crippen molar-refractivity contribution in [3.63, 3.8) is 0 Å². The third-order valence-electron chi connectivity index (χ3n) is 1.65. The van der Waals surface area contributed by atoms with Crippen LogP contribution in [0.25, 0.3) is 0 Å². The third kappa shape index (κ3) is 4.30. The van der Waals surface area contributed by atoms with E-state index in [1.165, 1.54) is 0 Å². The number of aliphatic hydroxyl groups is 1. The van der Waals surface area contributed by atoms with Crippen molar-refractivity contribution < 1.29 is 9.84 Å². The van der Waals surface area contributed by atoms with E-state index >= 15 is 0 Å². The highest BCUT2D eigenvalue weighted by Gasteiger charge is 2.11. The lowest BCUT2D eigenvalue weighted by Gasteiger charge is -2.17. The summed E-state index contributed by atoms with van der Waals surface area (Å²) in [6.07, 6.45) is 4.11. The Bertz CT molecular complexity index is 277. The second-order valence-electron chi connectivity index (χ2n) is 3.69. The molecule has 78 valence electrons. The van der Waals surface area contributed by atoms with Crippen LogP contribution in [0.5, 0.6) is 0 Å². The van der Waals surface area contributed by atoms with Gasteiger partial charge in [-0.25, -0.2) is 0 Å². The lowest BCUT2D eigenvalue weighted by atomic mass is 10.3. The van der Waals surface area contributed by atoms with Gasteiger partial charge in [0.2, 0.25) is 0 Å². The molecule has 1 aromatic rings. The summed E-state index contributed by atoms with van der Waals surface area (Å²) in [5.41, 5.74) is 1.78. The first-order valence-electron chi connectivity index (χ1n) is 4.61. The van der Waals surface area contributed by atoms with Gasteiger partial charge in [0.1, 0.15) is 0 Å². The van der Waals surface area contributed by atoms with Crippen molar-refractivity contribution in [2.75, 3.05) is 6.61 Å². The Morgan fingerprint density at radius 1 is 1.36 bits per heavy atom. The average molecular weight is 196 g/mol. The van der Waals surface area contributed by atoms with Gasteiger partial charge < -0.3 is 9.84 Å². The van der Waals surface area contributed by atoms with E-state index in [0.29, 0.717) is 13.0 Å². The van der Waals surface area contributed by atoms with E-state index in [-0.39, 0.29) is 0 Å². The van der Waals surface area contributed by atoms with Gasteiger partial charge in [-0.1, -0.05) is 0 Å². The molecule has 0 spiro atoms. The van der Waals surface area contributed by atoms with Crippen LogP contribution < -0.4 is 0 Å². The maximum absolute atomic E-state index is 9.28. The molecule has 0 aromatic carbocycles. The molecule has 1 N–H and O–H groups in total. The first kappa shape index (κ1) is 11.1. The fourth-order valence-corrected chi connectivity index (χ4v) is 0.954. The first-order valence-corrected chi connectivity index (χ1v) is 4.61. The molecule has 0 aliphatic carbocycles. The summed E-state index contributed by atoms with van der Waals surface area (Å²) in [4.78, 5) is 8.29. The molecule has 0 bridgehead atoms. The Labute approximate surface area is 84.0 Å². The highest BCUT2D eigenvalue weighted by atomic mass is 16.6. The van der Waals surface area contributed by atoms with Gasteiger partial charge in [-0.2, -0.15) is 0 Å². The highest BCUT2D eigenvalue weighted by molar-refractivity contribution is 5.00. The number of aromatic nitrogens is 2. The topological polar surface area (TPSA) is 55.2 Å². The Kier molecular flexibility index (Phi) is 3.55. The normalized spacial score (nSPS) is 11.7. The van der Waals surface area contributed by atoms with Gasteiger partial charge >= 0.3 is 0 Å². The molecule has 1 rings (SSSR count). The van der Waals surface area contributed by atoms with Gasteiger partial charge in [0, 0.05) is 18.8 Å². The molecule has 14 heavy (non-hydrogen) atoms. The summed E-state index contributed by atoms with van der Waals surface area (Å²) in [6, 6.07) is 0. The largest absolute Gasteiger partial charge is 0.366 e. The molecular weight excluding hydrogens is 180 g/mol. The summed E-state index contributed by atoms with van der Waals surface area (Å²) in [5.74, 6) is -1.07. The standard InChI is InChI=1S/C10H16N2O2/c1-8-6-12-9(7-11-8)4-5-14-10(2,3)13/h6-7,13H,4-5H2,1-3H3. The minimum Gasteiger partial charge on any atom is -0.366 e. The number of ether oxygens (including phenoxy) is 1. The van der Waals surface area contributed by atoms with Crippen molar-refractivity contribution in [3.05, 3.63) is 23.8 Å². The van der Waals surface area contributed by atoms with Crippen molar-refractivity contribution in [1.29, 1.82) is 0 Å². The van der Waals surface area contributed by atoms with Gasteiger partial charge in [-0.05, 0) is 20.8 Å². The molecule has 0 aliphatic heterocycles. The number of hydrogen-bond donors (Lipinski definition) is 1.